The third kappa shape index (κ3) is 3.32. The first-order valence-electron chi connectivity index (χ1n) is 7.95. The second-order valence-electron chi connectivity index (χ2n) is 5.80. The molecule has 0 fully saturated rings. The van der Waals surface area contributed by atoms with Crippen molar-refractivity contribution in [3.8, 4) is 0 Å². The summed E-state index contributed by atoms with van der Waals surface area (Å²) >= 11 is 12.0. The van der Waals surface area contributed by atoms with Crippen LogP contribution in [0, 0.1) is 0 Å². The fraction of sp³-hybridized carbons (Fsp3) is 0. The minimum Gasteiger partial charge on any atom is -0.456 e. The zero-order chi connectivity index (χ0) is 18.1. The molecule has 0 radical (unpaired) electrons. The number of hydrogen-bond donors (Lipinski definition) is 1. The molecule has 0 unspecified atom stereocenters. The van der Waals surface area contributed by atoms with E-state index >= 15 is 0 Å². The Morgan fingerprint density at radius 2 is 1.73 bits per heavy atom. The number of furan rings is 1. The predicted molar refractivity (Wildman–Crippen MR) is 108 cm³/mol. The van der Waals surface area contributed by atoms with Crippen LogP contribution in [-0.4, -0.2) is 5.91 Å². The van der Waals surface area contributed by atoms with Crippen LogP contribution in [0.1, 0.15) is 5.56 Å². The van der Waals surface area contributed by atoms with Gasteiger partial charge in [0.05, 0.1) is 0 Å². The van der Waals surface area contributed by atoms with Crippen molar-refractivity contribution in [2.75, 3.05) is 5.32 Å². The van der Waals surface area contributed by atoms with Crippen LogP contribution in [0.25, 0.3) is 28.0 Å². The minimum absolute atomic E-state index is 0.258. The minimum atomic E-state index is -0.258. The summed E-state index contributed by atoms with van der Waals surface area (Å²) in [6.45, 7) is 0. The molecule has 0 aliphatic heterocycles. The van der Waals surface area contributed by atoms with Crippen molar-refractivity contribution in [2.24, 2.45) is 0 Å². The van der Waals surface area contributed by atoms with Crippen molar-refractivity contribution >= 4 is 62.8 Å². The summed E-state index contributed by atoms with van der Waals surface area (Å²) in [5.41, 5.74) is 2.93. The number of hydrogen-bond acceptors (Lipinski definition) is 2. The zero-order valence-corrected chi connectivity index (χ0v) is 15.0. The number of amides is 1. The molecule has 4 rings (SSSR count). The maximum absolute atomic E-state index is 12.2. The van der Waals surface area contributed by atoms with E-state index in [9.17, 15) is 4.79 Å². The first-order valence-corrected chi connectivity index (χ1v) is 8.71. The van der Waals surface area contributed by atoms with Crippen molar-refractivity contribution in [1.29, 1.82) is 0 Å². The van der Waals surface area contributed by atoms with E-state index in [1.54, 1.807) is 24.3 Å². The SMILES string of the molecule is O=C(/C=C/c1ccc(Cl)cc1Cl)Nc1ccc2c(c1)oc1ccccc12. The summed E-state index contributed by atoms with van der Waals surface area (Å²) in [4.78, 5) is 12.2. The first-order chi connectivity index (χ1) is 12.6. The van der Waals surface area contributed by atoms with Crippen LogP contribution >= 0.6 is 23.2 Å². The average Bonchev–Trinajstić information content (AvgIpc) is 2.98. The molecule has 0 aliphatic carbocycles. The molecule has 5 heteroatoms. The molecule has 4 aromatic rings. The van der Waals surface area contributed by atoms with Gasteiger partial charge in [-0.25, -0.2) is 0 Å². The van der Waals surface area contributed by atoms with Gasteiger partial charge < -0.3 is 9.73 Å². The molecule has 1 amide bonds. The highest BCUT2D eigenvalue weighted by atomic mass is 35.5. The Hall–Kier alpha value is -2.75. The van der Waals surface area contributed by atoms with E-state index in [0.717, 1.165) is 27.5 Å². The molecule has 26 heavy (non-hydrogen) atoms. The largest absolute Gasteiger partial charge is 0.456 e. The second-order valence-corrected chi connectivity index (χ2v) is 6.64. The normalized spacial score (nSPS) is 11.5. The smallest absolute Gasteiger partial charge is 0.248 e. The van der Waals surface area contributed by atoms with Gasteiger partial charge in [-0.2, -0.15) is 0 Å². The van der Waals surface area contributed by atoms with Crippen LogP contribution in [0.2, 0.25) is 10.0 Å². The molecule has 0 saturated heterocycles. The Morgan fingerprint density at radius 3 is 2.58 bits per heavy atom. The van der Waals surface area contributed by atoms with Crippen LogP contribution in [0.3, 0.4) is 0 Å². The molecule has 0 spiro atoms. The average molecular weight is 382 g/mol. The Balaban J connectivity index is 1.55. The van der Waals surface area contributed by atoms with Gasteiger partial charge in [0.2, 0.25) is 5.91 Å². The number of nitrogens with one attached hydrogen (secondary N) is 1. The highest BCUT2D eigenvalue weighted by Crippen LogP contribution is 2.30. The van der Waals surface area contributed by atoms with E-state index < -0.39 is 0 Å². The summed E-state index contributed by atoms with van der Waals surface area (Å²) < 4.78 is 5.83. The molecule has 1 N–H and O–H groups in total. The van der Waals surface area contributed by atoms with E-state index in [0.29, 0.717) is 15.7 Å². The Morgan fingerprint density at radius 1 is 0.923 bits per heavy atom. The standard InChI is InChI=1S/C21H13Cl2NO2/c22-14-7-5-13(18(23)11-14)6-10-21(25)24-15-8-9-17-16-3-1-2-4-19(16)26-20(17)12-15/h1-12H,(H,24,25)/b10-6+. The van der Waals surface area contributed by atoms with Gasteiger partial charge in [0.1, 0.15) is 11.2 Å². The Kier molecular flexibility index (Phi) is 4.41. The molecule has 1 heterocycles. The van der Waals surface area contributed by atoms with Gasteiger partial charge in [-0.3, -0.25) is 4.79 Å². The maximum Gasteiger partial charge on any atom is 0.248 e. The van der Waals surface area contributed by atoms with Gasteiger partial charge in [-0.1, -0.05) is 47.5 Å². The van der Waals surface area contributed by atoms with Crippen molar-refractivity contribution in [3.63, 3.8) is 0 Å². The van der Waals surface area contributed by atoms with E-state index in [4.69, 9.17) is 27.6 Å². The van der Waals surface area contributed by atoms with E-state index in [2.05, 4.69) is 5.32 Å². The molecule has 128 valence electrons. The topological polar surface area (TPSA) is 42.2 Å². The number of carbonyl (C=O) groups is 1. The van der Waals surface area contributed by atoms with E-state index in [1.807, 2.05) is 42.5 Å². The number of anilines is 1. The molecule has 1 aromatic heterocycles. The van der Waals surface area contributed by atoms with Gasteiger partial charge in [0.25, 0.3) is 0 Å². The molecule has 0 atom stereocenters. The lowest BCUT2D eigenvalue weighted by molar-refractivity contribution is -0.111. The highest BCUT2D eigenvalue weighted by molar-refractivity contribution is 6.35. The summed E-state index contributed by atoms with van der Waals surface area (Å²) in [5.74, 6) is -0.258. The van der Waals surface area contributed by atoms with E-state index in [-0.39, 0.29) is 5.91 Å². The predicted octanol–water partition coefficient (Wildman–Crippen LogP) is 6.54. The molecule has 3 aromatic carbocycles. The fourth-order valence-electron chi connectivity index (χ4n) is 2.79. The number of rotatable bonds is 3. The Labute approximate surface area is 159 Å². The van der Waals surface area contributed by atoms with Gasteiger partial charge in [-0.05, 0) is 42.0 Å². The molecule has 0 aliphatic rings. The van der Waals surface area contributed by atoms with Gasteiger partial charge in [-0.15, -0.1) is 0 Å². The lowest BCUT2D eigenvalue weighted by atomic mass is 10.1. The van der Waals surface area contributed by atoms with Crippen LogP contribution in [0.4, 0.5) is 5.69 Å². The van der Waals surface area contributed by atoms with Crippen LogP contribution in [-0.2, 0) is 4.79 Å². The fourth-order valence-corrected chi connectivity index (χ4v) is 3.26. The number of halogens is 2. The second kappa shape index (κ2) is 6.87. The molecule has 0 saturated carbocycles. The highest BCUT2D eigenvalue weighted by Gasteiger charge is 2.07. The lowest BCUT2D eigenvalue weighted by Gasteiger charge is -2.02. The van der Waals surface area contributed by atoms with E-state index in [1.165, 1.54) is 6.08 Å². The number of carbonyl (C=O) groups excluding carboxylic acids is 1. The summed E-state index contributed by atoms with van der Waals surface area (Å²) in [6, 6.07) is 18.6. The van der Waals surface area contributed by atoms with Gasteiger partial charge in [0.15, 0.2) is 0 Å². The van der Waals surface area contributed by atoms with Gasteiger partial charge in [0, 0.05) is 38.6 Å². The number of benzene rings is 3. The monoisotopic (exact) mass is 381 g/mol. The van der Waals surface area contributed by atoms with Crippen LogP contribution in [0.15, 0.2) is 71.2 Å². The Bertz CT molecular complexity index is 1160. The maximum atomic E-state index is 12.2. The van der Waals surface area contributed by atoms with Gasteiger partial charge >= 0.3 is 0 Å². The zero-order valence-electron chi connectivity index (χ0n) is 13.5. The third-order valence-electron chi connectivity index (χ3n) is 4.02. The summed E-state index contributed by atoms with van der Waals surface area (Å²) in [7, 11) is 0. The molecular formula is C21H13Cl2NO2. The molecule has 0 bridgehead atoms. The van der Waals surface area contributed by atoms with Crippen molar-refractivity contribution < 1.29 is 9.21 Å². The molecule has 3 nitrogen and oxygen atoms in total. The van der Waals surface area contributed by atoms with Crippen molar-refractivity contribution in [2.45, 2.75) is 0 Å². The van der Waals surface area contributed by atoms with Crippen LogP contribution < -0.4 is 5.32 Å². The van der Waals surface area contributed by atoms with Crippen molar-refractivity contribution in [1.82, 2.24) is 0 Å². The summed E-state index contributed by atoms with van der Waals surface area (Å²) in [6.07, 6.45) is 3.08. The first kappa shape index (κ1) is 16.7. The quantitative estimate of drug-likeness (QED) is 0.409. The number of para-hydroxylation sites is 1. The van der Waals surface area contributed by atoms with Crippen molar-refractivity contribution in [3.05, 3.63) is 82.3 Å². The molecular weight excluding hydrogens is 369 g/mol. The number of fused-ring (bicyclic) bond motifs is 3. The third-order valence-corrected chi connectivity index (χ3v) is 4.59. The lowest BCUT2D eigenvalue weighted by Crippen LogP contribution is -2.07. The van der Waals surface area contributed by atoms with Crippen LogP contribution in [0.5, 0.6) is 0 Å². The summed E-state index contributed by atoms with van der Waals surface area (Å²) in [5, 5.41) is 5.94.